The molecule has 0 aromatic heterocycles. The number of ether oxygens (including phenoxy) is 4. The topological polar surface area (TPSA) is 135 Å². The number of allylic oxidation sites excluding steroid dienone is 14. The van der Waals surface area contributed by atoms with Crippen molar-refractivity contribution in [3.05, 3.63) is 85.1 Å². The number of rotatable bonds is 49. The Morgan fingerprint density at radius 1 is 0.471 bits per heavy atom. The first-order chi connectivity index (χ1) is 34.4. The molecule has 1 aliphatic rings. The third-order valence-corrected chi connectivity index (χ3v) is 12.8. The first-order valence-corrected chi connectivity index (χ1v) is 28.7. The number of carbonyl (C=O) groups excluding carboxylic acids is 1. The molecule has 1 rings (SSSR count). The molecular formula is C61H106O9. The smallest absolute Gasteiger partial charge is 0.306 e. The molecule has 9 heteroatoms. The van der Waals surface area contributed by atoms with Gasteiger partial charge in [0.2, 0.25) is 0 Å². The summed E-state index contributed by atoms with van der Waals surface area (Å²) in [5, 5.41) is 40.3. The highest BCUT2D eigenvalue weighted by molar-refractivity contribution is 5.69. The number of aliphatic hydroxyl groups excluding tert-OH is 4. The van der Waals surface area contributed by atoms with Crippen LogP contribution in [0.2, 0.25) is 0 Å². The molecule has 0 bridgehead atoms. The van der Waals surface area contributed by atoms with Crippen LogP contribution in [0.3, 0.4) is 0 Å². The maximum Gasteiger partial charge on any atom is 0.306 e. The summed E-state index contributed by atoms with van der Waals surface area (Å²) in [5.74, 6) is -0.327. The molecule has 0 radical (unpaired) electrons. The van der Waals surface area contributed by atoms with Gasteiger partial charge in [0.25, 0.3) is 0 Å². The maximum absolute atomic E-state index is 12.9. The highest BCUT2D eigenvalue weighted by Gasteiger charge is 2.44. The third kappa shape index (κ3) is 40.9. The van der Waals surface area contributed by atoms with Crippen molar-refractivity contribution in [2.75, 3.05) is 26.4 Å². The van der Waals surface area contributed by atoms with E-state index in [1.807, 2.05) is 0 Å². The van der Waals surface area contributed by atoms with Gasteiger partial charge in [0.1, 0.15) is 30.5 Å². The van der Waals surface area contributed by atoms with Gasteiger partial charge in [0.05, 0.1) is 19.8 Å². The van der Waals surface area contributed by atoms with Crippen molar-refractivity contribution in [3.8, 4) is 0 Å². The Balaban J connectivity index is 2.20. The molecule has 1 saturated heterocycles. The van der Waals surface area contributed by atoms with E-state index in [0.717, 1.165) is 83.5 Å². The molecule has 1 aliphatic heterocycles. The summed E-state index contributed by atoms with van der Waals surface area (Å²) in [7, 11) is 0. The van der Waals surface area contributed by atoms with Crippen LogP contribution in [-0.2, 0) is 23.7 Å². The van der Waals surface area contributed by atoms with E-state index in [-0.39, 0.29) is 19.2 Å². The van der Waals surface area contributed by atoms with Gasteiger partial charge < -0.3 is 39.4 Å². The van der Waals surface area contributed by atoms with Crippen LogP contribution in [0.5, 0.6) is 0 Å². The molecular weight excluding hydrogens is 877 g/mol. The zero-order chi connectivity index (χ0) is 50.6. The molecule has 0 amide bonds. The standard InChI is InChI=1S/C61H106O9/c1-3-5-7-9-11-13-15-17-19-21-23-25-27-29-31-33-35-37-39-41-43-45-47-49-51-67-53-55(54-68-61-60(66)59(65)58(64)56(52-62)70-61)69-57(63)50-48-46-44-42-40-38-36-34-32-30-28-26-24-22-20-18-16-14-12-10-8-6-4-2/h5,7,11,13,17,19,23,25,29,31,35,37,41,43,55-56,58-62,64-66H,3-4,6,8-10,12,14-16,18,20-22,24,26-28,30,32-34,36,38-40,42,44-54H2,1-2H3/b7-5-,13-11-,19-17-,25-23-,31-29-,37-35-,43-41-. The lowest BCUT2D eigenvalue weighted by atomic mass is 9.99. The van der Waals surface area contributed by atoms with Crippen LogP contribution in [-0.4, -0.2) is 89.6 Å². The van der Waals surface area contributed by atoms with Crippen LogP contribution in [0.25, 0.3) is 0 Å². The molecule has 1 fully saturated rings. The van der Waals surface area contributed by atoms with E-state index in [2.05, 4.69) is 98.9 Å². The van der Waals surface area contributed by atoms with Crippen molar-refractivity contribution in [1.29, 1.82) is 0 Å². The van der Waals surface area contributed by atoms with E-state index in [9.17, 15) is 25.2 Å². The van der Waals surface area contributed by atoms with Crippen LogP contribution in [0.1, 0.15) is 232 Å². The van der Waals surface area contributed by atoms with Crippen LogP contribution in [0, 0.1) is 0 Å². The average molecular weight is 984 g/mol. The largest absolute Gasteiger partial charge is 0.457 e. The molecule has 0 aromatic rings. The Labute approximate surface area is 429 Å². The van der Waals surface area contributed by atoms with Gasteiger partial charge >= 0.3 is 5.97 Å². The number of carbonyl (C=O) groups is 1. The summed E-state index contributed by atoms with van der Waals surface area (Å²) >= 11 is 0. The van der Waals surface area contributed by atoms with Crippen molar-refractivity contribution in [2.45, 2.75) is 269 Å². The number of aliphatic hydroxyl groups is 4. The average Bonchev–Trinajstić information content (AvgIpc) is 3.36. The molecule has 0 aromatic carbocycles. The van der Waals surface area contributed by atoms with Crippen molar-refractivity contribution in [2.24, 2.45) is 0 Å². The van der Waals surface area contributed by atoms with E-state index < -0.39 is 43.4 Å². The molecule has 9 nitrogen and oxygen atoms in total. The summed E-state index contributed by atoms with van der Waals surface area (Å²) in [6, 6.07) is 0. The van der Waals surface area contributed by atoms with Gasteiger partial charge in [-0.1, -0.05) is 240 Å². The predicted octanol–water partition coefficient (Wildman–Crippen LogP) is 14.9. The first kappa shape index (κ1) is 65.4. The highest BCUT2D eigenvalue weighted by Crippen LogP contribution is 2.23. The van der Waals surface area contributed by atoms with E-state index in [4.69, 9.17) is 18.9 Å². The Hall–Kier alpha value is -2.63. The number of hydrogen-bond donors (Lipinski definition) is 4. The molecule has 404 valence electrons. The zero-order valence-electron chi connectivity index (χ0n) is 44.7. The summed E-state index contributed by atoms with van der Waals surface area (Å²) in [5.41, 5.74) is 0. The zero-order valence-corrected chi connectivity index (χ0v) is 44.7. The predicted molar refractivity (Wildman–Crippen MR) is 293 cm³/mol. The van der Waals surface area contributed by atoms with Gasteiger partial charge in [0, 0.05) is 13.0 Å². The van der Waals surface area contributed by atoms with E-state index in [1.165, 1.54) is 128 Å². The molecule has 0 saturated carbocycles. The summed E-state index contributed by atoms with van der Waals surface area (Å²) in [6.07, 6.45) is 63.5. The lowest BCUT2D eigenvalue weighted by Crippen LogP contribution is -2.59. The minimum absolute atomic E-state index is 0.112. The lowest BCUT2D eigenvalue weighted by molar-refractivity contribution is -0.305. The second-order valence-corrected chi connectivity index (χ2v) is 19.4. The molecule has 70 heavy (non-hydrogen) atoms. The molecule has 0 aliphatic carbocycles. The fourth-order valence-electron chi connectivity index (χ4n) is 8.41. The van der Waals surface area contributed by atoms with Crippen LogP contribution < -0.4 is 0 Å². The molecule has 0 spiro atoms. The minimum Gasteiger partial charge on any atom is -0.457 e. The summed E-state index contributed by atoms with van der Waals surface area (Å²) < 4.78 is 22.9. The number of hydrogen-bond acceptors (Lipinski definition) is 9. The second-order valence-electron chi connectivity index (χ2n) is 19.4. The maximum atomic E-state index is 12.9. The van der Waals surface area contributed by atoms with Crippen LogP contribution in [0.4, 0.5) is 0 Å². The monoisotopic (exact) mass is 983 g/mol. The molecule has 4 N–H and O–H groups in total. The minimum atomic E-state index is -1.55. The van der Waals surface area contributed by atoms with Gasteiger partial charge in [0.15, 0.2) is 6.29 Å². The quantitative estimate of drug-likeness (QED) is 0.0267. The number of unbranched alkanes of at least 4 members (excludes halogenated alkanes) is 24. The van der Waals surface area contributed by atoms with E-state index in [1.54, 1.807) is 0 Å². The lowest BCUT2D eigenvalue weighted by Gasteiger charge is -2.39. The Kier molecular flexibility index (Phi) is 47.9. The van der Waals surface area contributed by atoms with E-state index in [0.29, 0.717) is 13.0 Å². The van der Waals surface area contributed by atoms with Crippen LogP contribution >= 0.6 is 0 Å². The van der Waals surface area contributed by atoms with Gasteiger partial charge in [-0.15, -0.1) is 0 Å². The van der Waals surface area contributed by atoms with Gasteiger partial charge in [-0.3, -0.25) is 4.79 Å². The Bertz CT molecular complexity index is 1350. The van der Waals surface area contributed by atoms with Gasteiger partial charge in [-0.05, 0) is 70.6 Å². The van der Waals surface area contributed by atoms with Crippen LogP contribution in [0.15, 0.2) is 85.1 Å². The Morgan fingerprint density at radius 3 is 1.29 bits per heavy atom. The second kappa shape index (κ2) is 51.3. The normalized spacial score (nSPS) is 19.5. The third-order valence-electron chi connectivity index (χ3n) is 12.8. The summed E-state index contributed by atoms with van der Waals surface area (Å²) in [6.45, 7) is 4.36. The first-order valence-electron chi connectivity index (χ1n) is 28.7. The molecule has 6 atom stereocenters. The fraction of sp³-hybridized carbons (Fsp3) is 0.754. The van der Waals surface area contributed by atoms with Crippen molar-refractivity contribution in [3.63, 3.8) is 0 Å². The number of esters is 1. The summed E-state index contributed by atoms with van der Waals surface area (Å²) in [4.78, 5) is 12.9. The van der Waals surface area contributed by atoms with Crippen molar-refractivity contribution < 1.29 is 44.2 Å². The highest BCUT2D eigenvalue weighted by atomic mass is 16.7. The van der Waals surface area contributed by atoms with Crippen molar-refractivity contribution >= 4 is 5.97 Å². The molecule has 6 unspecified atom stereocenters. The Morgan fingerprint density at radius 2 is 0.871 bits per heavy atom. The molecule has 1 heterocycles. The van der Waals surface area contributed by atoms with Crippen molar-refractivity contribution in [1.82, 2.24) is 0 Å². The van der Waals surface area contributed by atoms with Gasteiger partial charge in [-0.2, -0.15) is 0 Å². The van der Waals surface area contributed by atoms with Gasteiger partial charge in [-0.25, -0.2) is 0 Å². The fourth-order valence-corrected chi connectivity index (χ4v) is 8.41. The van der Waals surface area contributed by atoms with E-state index >= 15 is 0 Å². The SMILES string of the molecule is CC/C=C\C/C=C\C/C=C\C/C=C\C/C=C\C/C=C\C/C=C\CCCCOCC(COC1OC(CO)C(O)C(O)C1O)OC(=O)CCCCCCCCCCCCCCCCCCCCCCCCC.